The van der Waals surface area contributed by atoms with E-state index in [9.17, 15) is 0 Å². The fourth-order valence-corrected chi connectivity index (χ4v) is 1.77. The third-order valence-corrected chi connectivity index (χ3v) is 2.67. The van der Waals surface area contributed by atoms with Gasteiger partial charge in [0, 0.05) is 11.6 Å². The molecule has 0 fully saturated rings. The maximum Gasteiger partial charge on any atom is 0.236 e. The van der Waals surface area contributed by atoms with Crippen molar-refractivity contribution in [3.05, 3.63) is 48.2 Å². The van der Waals surface area contributed by atoms with Crippen LogP contribution in [0.25, 0.3) is 16.9 Å². The molecule has 0 N–H and O–H groups in total. The van der Waals surface area contributed by atoms with Crippen LogP contribution in [0.1, 0.15) is 11.4 Å². The summed E-state index contributed by atoms with van der Waals surface area (Å²) in [5, 5.41) is 18.8. The molecule has 6 heteroatoms. The van der Waals surface area contributed by atoms with Gasteiger partial charge in [-0.3, -0.25) is 4.57 Å². The van der Waals surface area contributed by atoms with Gasteiger partial charge in [-0.15, -0.1) is 0 Å². The first kappa shape index (κ1) is 10.9. The van der Waals surface area contributed by atoms with Crippen molar-refractivity contribution in [3.8, 4) is 18.1 Å². The second-order valence-electron chi connectivity index (χ2n) is 3.76. The predicted octanol–water partition coefficient (Wildman–Crippen LogP) is 1.56. The highest BCUT2D eigenvalue weighted by molar-refractivity contribution is 5.77. The lowest BCUT2D eigenvalue weighted by Gasteiger charge is -2.02. The molecule has 0 radical (unpaired) electrons. The monoisotopic (exact) mass is 246 g/mol. The van der Waals surface area contributed by atoms with Crippen LogP contribution in [0.4, 0.5) is 0 Å². The molecule has 0 spiro atoms. The zero-order valence-corrected chi connectivity index (χ0v) is 9.65. The molecule has 3 aromatic rings. The number of hydrogen-bond acceptors (Lipinski definition) is 5. The number of benzene rings is 1. The van der Waals surface area contributed by atoms with E-state index in [0.717, 1.165) is 10.9 Å². The van der Waals surface area contributed by atoms with Gasteiger partial charge in [-0.1, -0.05) is 18.2 Å². The van der Waals surface area contributed by atoms with Crippen molar-refractivity contribution in [2.45, 2.75) is 0 Å². The van der Waals surface area contributed by atoms with E-state index in [1.807, 2.05) is 36.4 Å². The summed E-state index contributed by atoms with van der Waals surface area (Å²) >= 11 is 0. The quantitative estimate of drug-likeness (QED) is 0.649. The SMILES string of the molecule is N#Cc1ncn(-c2ncc3ccccc3n2)c1C#N. The molecule has 0 atom stereocenters. The minimum Gasteiger partial charge on any atom is -0.257 e. The molecule has 2 aromatic heterocycles. The van der Waals surface area contributed by atoms with Crippen LogP contribution in [0.3, 0.4) is 0 Å². The van der Waals surface area contributed by atoms with Crippen LogP contribution in [-0.4, -0.2) is 19.5 Å². The highest BCUT2D eigenvalue weighted by Gasteiger charge is 2.13. The summed E-state index contributed by atoms with van der Waals surface area (Å²) in [4.78, 5) is 12.4. The van der Waals surface area contributed by atoms with Gasteiger partial charge in [0.2, 0.25) is 5.95 Å². The van der Waals surface area contributed by atoms with Gasteiger partial charge in [-0.25, -0.2) is 15.0 Å². The molecule has 0 unspecified atom stereocenters. The second-order valence-corrected chi connectivity index (χ2v) is 3.76. The molecular weight excluding hydrogens is 240 g/mol. The molecule has 0 aliphatic rings. The molecule has 0 bridgehead atoms. The first-order chi connectivity index (χ1) is 9.33. The zero-order valence-electron chi connectivity index (χ0n) is 9.65. The molecule has 2 heterocycles. The van der Waals surface area contributed by atoms with Gasteiger partial charge in [0.05, 0.1) is 5.52 Å². The number of nitriles is 2. The van der Waals surface area contributed by atoms with E-state index >= 15 is 0 Å². The molecular formula is C13H6N6. The Morgan fingerprint density at radius 2 is 1.89 bits per heavy atom. The number of para-hydroxylation sites is 1. The van der Waals surface area contributed by atoms with Crippen molar-refractivity contribution in [2.75, 3.05) is 0 Å². The molecule has 1 aromatic carbocycles. The van der Waals surface area contributed by atoms with Crippen molar-refractivity contribution in [2.24, 2.45) is 0 Å². The van der Waals surface area contributed by atoms with Gasteiger partial charge in [0.15, 0.2) is 11.4 Å². The lowest BCUT2D eigenvalue weighted by molar-refractivity contribution is 0.927. The third kappa shape index (κ3) is 1.68. The van der Waals surface area contributed by atoms with E-state index < -0.39 is 0 Å². The van der Waals surface area contributed by atoms with E-state index in [1.54, 1.807) is 6.20 Å². The standard InChI is InChI=1S/C13H6N6/c14-5-11-12(6-15)19(8-17-11)13-16-7-9-3-1-2-4-10(9)18-13/h1-4,7-8H. The number of rotatable bonds is 1. The van der Waals surface area contributed by atoms with Crippen LogP contribution < -0.4 is 0 Å². The third-order valence-electron chi connectivity index (χ3n) is 2.67. The van der Waals surface area contributed by atoms with Crippen molar-refractivity contribution >= 4 is 10.9 Å². The molecule has 3 rings (SSSR count). The van der Waals surface area contributed by atoms with Gasteiger partial charge in [0.25, 0.3) is 0 Å². The number of imidazole rings is 1. The molecule has 19 heavy (non-hydrogen) atoms. The largest absolute Gasteiger partial charge is 0.257 e. The molecule has 0 amide bonds. The minimum absolute atomic E-state index is 0.0688. The maximum atomic E-state index is 9.08. The van der Waals surface area contributed by atoms with Gasteiger partial charge in [-0.05, 0) is 6.07 Å². The fourth-order valence-electron chi connectivity index (χ4n) is 1.77. The normalized spacial score (nSPS) is 10.0. The molecule has 0 aliphatic carbocycles. The van der Waals surface area contributed by atoms with Crippen LogP contribution >= 0.6 is 0 Å². The Balaban J connectivity index is 2.23. The Morgan fingerprint density at radius 1 is 1.05 bits per heavy atom. The predicted molar refractivity (Wildman–Crippen MR) is 66.1 cm³/mol. The summed E-state index contributed by atoms with van der Waals surface area (Å²) in [7, 11) is 0. The topological polar surface area (TPSA) is 91.2 Å². The summed E-state index contributed by atoms with van der Waals surface area (Å²) < 4.78 is 1.41. The van der Waals surface area contributed by atoms with E-state index in [0.29, 0.717) is 5.95 Å². The molecule has 6 nitrogen and oxygen atoms in total. The lowest BCUT2D eigenvalue weighted by Crippen LogP contribution is -2.02. The van der Waals surface area contributed by atoms with Crippen LogP contribution in [0.2, 0.25) is 0 Å². The van der Waals surface area contributed by atoms with Gasteiger partial charge in [-0.2, -0.15) is 10.5 Å². The van der Waals surface area contributed by atoms with Crippen molar-refractivity contribution < 1.29 is 0 Å². The molecule has 0 saturated carbocycles. The van der Waals surface area contributed by atoms with Crippen LogP contribution in [0.15, 0.2) is 36.8 Å². The Labute approximate surface area is 108 Å². The van der Waals surface area contributed by atoms with Crippen molar-refractivity contribution in [3.63, 3.8) is 0 Å². The molecule has 0 saturated heterocycles. The summed E-state index contributed by atoms with van der Waals surface area (Å²) in [6.07, 6.45) is 3.05. The highest BCUT2D eigenvalue weighted by atomic mass is 15.2. The molecule has 0 aliphatic heterocycles. The fraction of sp³-hybridized carbons (Fsp3) is 0. The summed E-state index contributed by atoms with van der Waals surface area (Å²) in [5.74, 6) is 0.323. The Kier molecular flexibility index (Phi) is 2.41. The van der Waals surface area contributed by atoms with E-state index in [4.69, 9.17) is 10.5 Å². The maximum absolute atomic E-state index is 9.08. The van der Waals surface area contributed by atoms with Crippen molar-refractivity contribution in [1.29, 1.82) is 10.5 Å². The van der Waals surface area contributed by atoms with Crippen molar-refractivity contribution in [1.82, 2.24) is 19.5 Å². The van der Waals surface area contributed by atoms with E-state index in [1.165, 1.54) is 10.9 Å². The molecule has 88 valence electrons. The number of hydrogen-bond donors (Lipinski definition) is 0. The summed E-state index contributed by atoms with van der Waals surface area (Å²) in [6.45, 7) is 0. The minimum atomic E-state index is 0.0688. The van der Waals surface area contributed by atoms with Gasteiger partial charge >= 0.3 is 0 Å². The Bertz CT molecular complexity index is 849. The van der Waals surface area contributed by atoms with Gasteiger partial charge in [0.1, 0.15) is 18.5 Å². The van der Waals surface area contributed by atoms with Crippen LogP contribution in [0, 0.1) is 22.7 Å². The lowest BCUT2D eigenvalue weighted by atomic mass is 10.2. The zero-order chi connectivity index (χ0) is 13.2. The first-order valence-corrected chi connectivity index (χ1v) is 5.43. The van der Waals surface area contributed by atoms with Crippen LogP contribution in [-0.2, 0) is 0 Å². The Hall–Kier alpha value is -3.25. The summed E-state index contributed by atoms with van der Waals surface area (Å²) in [6, 6.07) is 11.3. The first-order valence-electron chi connectivity index (χ1n) is 5.43. The highest BCUT2D eigenvalue weighted by Crippen LogP contribution is 2.14. The average Bonchev–Trinajstić information content (AvgIpc) is 2.89. The number of nitrogens with zero attached hydrogens (tertiary/aromatic N) is 6. The summed E-state index contributed by atoms with van der Waals surface area (Å²) in [5.41, 5.74) is 0.973. The van der Waals surface area contributed by atoms with Gasteiger partial charge < -0.3 is 0 Å². The number of fused-ring (bicyclic) bond motifs is 1. The Morgan fingerprint density at radius 3 is 2.68 bits per heavy atom. The number of aromatic nitrogens is 4. The second kappa shape index (κ2) is 4.21. The smallest absolute Gasteiger partial charge is 0.236 e. The van der Waals surface area contributed by atoms with Crippen LogP contribution in [0.5, 0.6) is 0 Å². The van der Waals surface area contributed by atoms with E-state index in [2.05, 4.69) is 15.0 Å². The average molecular weight is 246 g/mol. The van der Waals surface area contributed by atoms with E-state index in [-0.39, 0.29) is 11.4 Å².